The minimum atomic E-state index is -0.162. The Labute approximate surface area is 161 Å². The van der Waals surface area contributed by atoms with Gasteiger partial charge in [0.15, 0.2) is 0 Å². The first-order valence-electron chi connectivity index (χ1n) is 9.10. The molecule has 146 valence electrons. The SMILES string of the molecule is CC.CCc1ccc(F)cc1.Cc1cccc(F)c1.Cc1ccccc1F. The van der Waals surface area contributed by atoms with Gasteiger partial charge < -0.3 is 0 Å². The molecule has 0 heterocycles. The molecule has 3 rings (SSSR count). The van der Waals surface area contributed by atoms with Crippen LogP contribution in [0.3, 0.4) is 0 Å². The summed E-state index contributed by atoms with van der Waals surface area (Å²) in [7, 11) is 0. The minimum Gasteiger partial charge on any atom is -0.207 e. The Bertz CT molecular complexity index is 711. The van der Waals surface area contributed by atoms with Gasteiger partial charge in [0.05, 0.1) is 0 Å². The zero-order valence-electron chi connectivity index (χ0n) is 16.8. The number of rotatable bonds is 1. The summed E-state index contributed by atoms with van der Waals surface area (Å²) in [6.07, 6.45) is 0.972. The molecule has 0 nitrogen and oxygen atoms in total. The molecule has 3 heteroatoms. The zero-order chi connectivity index (χ0) is 20.7. The summed E-state index contributed by atoms with van der Waals surface area (Å²) in [6, 6.07) is 19.8. The number of hydrogen-bond acceptors (Lipinski definition) is 0. The molecule has 27 heavy (non-hydrogen) atoms. The molecule has 3 aromatic carbocycles. The molecule has 0 atom stereocenters. The van der Waals surface area contributed by atoms with Crippen LogP contribution in [-0.2, 0) is 6.42 Å². The highest BCUT2D eigenvalue weighted by Crippen LogP contribution is 2.03. The van der Waals surface area contributed by atoms with Gasteiger partial charge in [-0.2, -0.15) is 0 Å². The van der Waals surface area contributed by atoms with Gasteiger partial charge in [0.25, 0.3) is 0 Å². The van der Waals surface area contributed by atoms with E-state index in [2.05, 4.69) is 0 Å². The Morgan fingerprint density at radius 2 is 1.26 bits per heavy atom. The minimum absolute atomic E-state index is 0.132. The Morgan fingerprint density at radius 1 is 0.667 bits per heavy atom. The van der Waals surface area contributed by atoms with Crippen molar-refractivity contribution in [2.24, 2.45) is 0 Å². The molecule has 0 aromatic heterocycles. The van der Waals surface area contributed by atoms with E-state index in [0.717, 1.165) is 12.0 Å². The van der Waals surface area contributed by atoms with E-state index >= 15 is 0 Å². The van der Waals surface area contributed by atoms with Gasteiger partial charge in [-0.3, -0.25) is 0 Å². The van der Waals surface area contributed by atoms with Crippen LogP contribution in [-0.4, -0.2) is 0 Å². The van der Waals surface area contributed by atoms with Gasteiger partial charge >= 0.3 is 0 Å². The molecule has 0 saturated carbocycles. The van der Waals surface area contributed by atoms with E-state index in [9.17, 15) is 13.2 Å². The summed E-state index contributed by atoms with van der Waals surface area (Å²) in [4.78, 5) is 0. The lowest BCUT2D eigenvalue weighted by molar-refractivity contribution is 0.618. The summed E-state index contributed by atoms with van der Waals surface area (Å²) >= 11 is 0. The van der Waals surface area contributed by atoms with Crippen molar-refractivity contribution in [2.45, 2.75) is 41.0 Å². The molecule has 0 fully saturated rings. The first-order valence-corrected chi connectivity index (χ1v) is 9.10. The highest BCUT2D eigenvalue weighted by Gasteiger charge is 1.89. The molecular weight excluding hydrogens is 345 g/mol. The molecule has 0 N–H and O–H groups in total. The first-order chi connectivity index (χ1) is 12.9. The zero-order valence-corrected chi connectivity index (χ0v) is 16.8. The predicted octanol–water partition coefficient (Wildman–Crippen LogP) is 7.68. The summed E-state index contributed by atoms with van der Waals surface area (Å²) in [5.41, 5.74) is 2.84. The Balaban J connectivity index is 0.000000359. The van der Waals surface area contributed by atoms with Gasteiger partial charge in [-0.05, 0) is 67.3 Å². The van der Waals surface area contributed by atoms with Crippen molar-refractivity contribution in [3.8, 4) is 0 Å². The third kappa shape index (κ3) is 11.6. The lowest BCUT2D eigenvalue weighted by Gasteiger charge is -1.92. The Kier molecular flexibility index (Phi) is 13.2. The second kappa shape index (κ2) is 14.6. The van der Waals surface area contributed by atoms with Gasteiger partial charge in [-0.25, -0.2) is 13.2 Å². The van der Waals surface area contributed by atoms with Crippen molar-refractivity contribution in [3.63, 3.8) is 0 Å². The van der Waals surface area contributed by atoms with E-state index in [4.69, 9.17) is 0 Å². The maximum atomic E-state index is 12.3. The molecule has 0 aliphatic rings. The second-order valence-corrected chi connectivity index (χ2v) is 5.53. The van der Waals surface area contributed by atoms with Crippen LogP contribution in [0.25, 0.3) is 0 Å². The fourth-order valence-electron chi connectivity index (χ4n) is 1.88. The van der Waals surface area contributed by atoms with Crippen LogP contribution in [0.5, 0.6) is 0 Å². The molecule has 0 aliphatic carbocycles. The Hall–Kier alpha value is -2.55. The predicted molar refractivity (Wildman–Crippen MR) is 109 cm³/mol. The summed E-state index contributed by atoms with van der Waals surface area (Å²) in [6.45, 7) is 9.66. The van der Waals surface area contributed by atoms with Crippen LogP contribution in [0.1, 0.15) is 37.5 Å². The molecule has 0 spiro atoms. The van der Waals surface area contributed by atoms with Crippen LogP contribution < -0.4 is 0 Å². The van der Waals surface area contributed by atoms with E-state index < -0.39 is 0 Å². The molecule has 0 aliphatic heterocycles. The summed E-state index contributed by atoms with van der Waals surface area (Å²) in [5.74, 6) is -0.454. The highest BCUT2D eigenvalue weighted by atomic mass is 19.1. The van der Waals surface area contributed by atoms with Crippen molar-refractivity contribution in [1.82, 2.24) is 0 Å². The van der Waals surface area contributed by atoms with E-state index in [1.165, 1.54) is 35.9 Å². The average Bonchev–Trinajstić information content (AvgIpc) is 2.67. The van der Waals surface area contributed by atoms with Gasteiger partial charge in [0, 0.05) is 0 Å². The lowest BCUT2D eigenvalue weighted by atomic mass is 10.2. The maximum absolute atomic E-state index is 12.3. The standard InChI is InChI=1S/C8H9F.2C7H7F.C2H6/c1-2-7-3-5-8(9)6-4-7;1-6-3-2-4-7(8)5-6;1-6-4-2-3-5-7(6)8;1-2/h3-6H,2H2,1H3;2*2-5H,1H3;1-2H3. The van der Waals surface area contributed by atoms with E-state index in [1.807, 2.05) is 39.8 Å². The van der Waals surface area contributed by atoms with Crippen LogP contribution in [0.4, 0.5) is 13.2 Å². The normalized spacial score (nSPS) is 8.89. The van der Waals surface area contributed by atoms with Gasteiger partial charge in [0.1, 0.15) is 17.5 Å². The van der Waals surface area contributed by atoms with Gasteiger partial charge in [-0.15, -0.1) is 0 Å². The number of hydrogen-bond donors (Lipinski definition) is 0. The molecule has 0 unspecified atom stereocenters. The molecule has 3 aromatic rings. The van der Waals surface area contributed by atoms with E-state index in [1.54, 1.807) is 37.3 Å². The topological polar surface area (TPSA) is 0 Å². The van der Waals surface area contributed by atoms with Crippen LogP contribution in [0.2, 0.25) is 0 Å². The average molecular weight is 374 g/mol. The van der Waals surface area contributed by atoms with Crippen LogP contribution in [0, 0.1) is 31.3 Å². The third-order valence-corrected chi connectivity index (χ3v) is 3.38. The van der Waals surface area contributed by atoms with Crippen molar-refractivity contribution in [1.29, 1.82) is 0 Å². The van der Waals surface area contributed by atoms with Crippen molar-refractivity contribution >= 4 is 0 Å². The van der Waals surface area contributed by atoms with Gasteiger partial charge in [0.2, 0.25) is 0 Å². The van der Waals surface area contributed by atoms with E-state index in [-0.39, 0.29) is 17.5 Å². The van der Waals surface area contributed by atoms with Crippen molar-refractivity contribution in [3.05, 3.63) is 107 Å². The fourth-order valence-corrected chi connectivity index (χ4v) is 1.88. The third-order valence-electron chi connectivity index (χ3n) is 3.38. The molecule has 0 amide bonds. The van der Waals surface area contributed by atoms with Gasteiger partial charge in [-0.1, -0.05) is 63.2 Å². The van der Waals surface area contributed by atoms with Crippen LogP contribution >= 0.6 is 0 Å². The molecule has 0 bridgehead atoms. The quantitative estimate of drug-likeness (QED) is 0.410. The van der Waals surface area contributed by atoms with E-state index in [0.29, 0.717) is 5.56 Å². The molecule has 0 radical (unpaired) electrons. The largest absolute Gasteiger partial charge is 0.207 e. The maximum Gasteiger partial charge on any atom is 0.126 e. The first kappa shape index (κ1) is 24.5. The smallest absolute Gasteiger partial charge is 0.126 e. The fraction of sp³-hybridized carbons (Fsp3) is 0.250. The molecular formula is C24H29F3. The lowest BCUT2D eigenvalue weighted by Crippen LogP contribution is -1.78. The molecule has 0 saturated heterocycles. The van der Waals surface area contributed by atoms with Crippen molar-refractivity contribution in [2.75, 3.05) is 0 Å². The van der Waals surface area contributed by atoms with Crippen LogP contribution in [0.15, 0.2) is 72.8 Å². The Morgan fingerprint density at radius 3 is 1.63 bits per heavy atom. The summed E-state index contributed by atoms with van der Waals surface area (Å²) in [5, 5.41) is 0. The highest BCUT2D eigenvalue weighted by molar-refractivity contribution is 5.16. The number of benzene rings is 3. The summed E-state index contributed by atoms with van der Waals surface area (Å²) < 4.78 is 36.7. The monoisotopic (exact) mass is 374 g/mol. The second-order valence-electron chi connectivity index (χ2n) is 5.53. The number of aryl methyl sites for hydroxylation is 3. The van der Waals surface area contributed by atoms with Crippen molar-refractivity contribution < 1.29 is 13.2 Å². The number of halogens is 3.